The van der Waals surface area contributed by atoms with E-state index in [1.54, 1.807) is 0 Å². The molecule has 0 aromatic heterocycles. The first-order chi connectivity index (χ1) is 12.3. The molecule has 2 aromatic carbocycles. The van der Waals surface area contributed by atoms with Crippen molar-refractivity contribution in [3.8, 4) is 0 Å². The highest BCUT2D eigenvalue weighted by molar-refractivity contribution is 6.99. The Labute approximate surface area is 158 Å². The Kier molecular flexibility index (Phi) is 6.79. The Morgan fingerprint density at radius 2 is 1.38 bits per heavy atom. The summed E-state index contributed by atoms with van der Waals surface area (Å²) in [6, 6.07) is 21.1. The van der Waals surface area contributed by atoms with E-state index in [9.17, 15) is 4.79 Å². The largest absolute Gasteiger partial charge is 0.466 e. The lowest BCUT2D eigenvalue weighted by Crippen LogP contribution is -2.66. The van der Waals surface area contributed by atoms with Crippen molar-refractivity contribution in [1.29, 1.82) is 0 Å². The van der Waals surface area contributed by atoms with Gasteiger partial charge in [-0.05, 0) is 15.4 Å². The van der Waals surface area contributed by atoms with Crippen molar-refractivity contribution in [3.63, 3.8) is 0 Å². The van der Waals surface area contributed by atoms with Crippen molar-refractivity contribution < 1.29 is 14.0 Å². The fourth-order valence-electron chi connectivity index (χ4n) is 3.34. The summed E-state index contributed by atoms with van der Waals surface area (Å²) >= 11 is 0. The summed E-state index contributed by atoms with van der Waals surface area (Å²) in [6.45, 7) is 11.2. The number of hydrogen-bond acceptors (Lipinski definition) is 3. The summed E-state index contributed by atoms with van der Waals surface area (Å²) in [7, 11) is -2.51. The molecule has 0 saturated carbocycles. The van der Waals surface area contributed by atoms with Gasteiger partial charge in [-0.2, -0.15) is 0 Å². The maximum absolute atomic E-state index is 11.1. The molecule has 0 N–H and O–H groups in total. The third kappa shape index (κ3) is 4.62. The molecule has 0 heterocycles. The van der Waals surface area contributed by atoms with Crippen molar-refractivity contribution in [1.82, 2.24) is 0 Å². The number of carbonyl (C=O) groups excluding carboxylic acids is 1. The predicted octanol–water partition coefficient (Wildman–Crippen LogP) is 3.76. The molecular weight excluding hydrogens is 340 g/mol. The highest BCUT2D eigenvalue weighted by Crippen LogP contribution is 2.36. The van der Waals surface area contributed by atoms with E-state index < -0.39 is 8.32 Å². The molecule has 3 nitrogen and oxygen atoms in total. The maximum Gasteiger partial charge on any atom is 0.302 e. The van der Waals surface area contributed by atoms with Crippen LogP contribution >= 0.6 is 0 Å². The quantitative estimate of drug-likeness (QED) is 0.550. The zero-order chi connectivity index (χ0) is 19.2. The zero-order valence-electron chi connectivity index (χ0n) is 16.5. The van der Waals surface area contributed by atoms with Crippen LogP contribution in [0, 0.1) is 5.92 Å². The summed E-state index contributed by atoms with van der Waals surface area (Å²) < 4.78 is 12.0. The number of esters is 1. The minimum atomic E-state index is -2.51. The molecule has 0 saturated heterocycles. The van der Waals surface area contributed by atoms with Gasteiger partial charge in [0.05, 0.1) is 6.61 Å². The number of rotatable bonds is 7. The number of ether oxygens (including phenoxy) is 1. The first kappa shape index (κ1) is 20.4. The van der Waals surface area contributed by atoms with Gasteiger partial charge in [0.1, 0.15) is 0 Å². The number of hydrogen-bond donors (Lipinski definition) is 0. The molecule has 2 rings (SSSR count). The van der Waals surface area contributed by atoms with Crippen LogP contribution in [0.15, 0.2) is 60.7 Å². The van der Waals surface area contributed by atoms with E-state index in [2.05, 4.69) is 76.2 Å². The maximum atomic E-state index is 11.1. The van der Waals surface area contributed by atoms with Crippen LogP contribution in [0.3, 0.4) is 0 Å². The van der Waals surface area contributed by atoms with E-state index in [4.69, 9.17) is 9.16 Å². The zero-order valence-corrected chi connectivity index (χ0v) is 17.5. The molecule has 0 aliphatic rings. The van der Waals surface area contributed by atoms with Crippen molar-refractivity contribution in [2.24, 2.45) is 5.92 Å². The van der Waals surface area contributed by atoms with Gasteiger partial charge >= 0.3 is 5.97 Å². The van der Waals surface area contributed by atoms with E-state index in [0.29, 0.717) is 13.2 Å². The minimum Gasteiger partial charge on any atom is -0.466 e. The van der Waals surface area contributed by atoms with Gasteiger partial charge in [0.25, 0.3) is 8.32 Å². The van der Waals surface area contributed by atoms with Crippen LogP contribution in [-0.4, -0.2) is 27.5 Å². The fraction of sp³-hybridized carbons (Fsp3) is 0.409. The highest BCUT2D eigenvalue weighted by atomic mass is 28.4. The molecule has 2 aromatic rings. The Hall–Kier alpha value is -1.91. The van der Waals surface area contributed by atoms with Crippen molar-refractivity contribution in [3.05, 3.63) is 60.7 Å². The van der Waals surface area contributed by atoms with Crippen LogP contribution < -0.4 is 10.4 Å². The van der Waals surface area contributed by atoms with Crippen LogP contribution in [0.4, 0.5) is 0 Å². The van der Waals surface area contributed by atoms with E-state index >= 15 is 0 Å². The Balaban J connectivity index is 2.42. The van der Waals surface area contributed by atoms with Gasteiger partial charge in [0, 0.05) is 19.4 Å². The van der Waals surface area contributed by atoms with E-state index in [1.165, 1.54) is 17.3 Å². The van der Waals surface area contributed by atoms with Gasteiger partial charge in [-0.15, -0.1) is 0 Å². The van der Waals surface area contributed by atoms with Gasteiger partial charge in [0.15, 0.2) is 0 Å². The summed E-state index contributed by atoms with van der Waals surface area (Å²) in [6.07, 6.45) is 0. The second kappa shape index (κ2) is 8.65. The molecule has 140 valence electrons. The van der Waals surface area contributed by atoms with Crippen LogP contribution in [0.25, 0.3) is 0 Å². The van der Waals surface area contributed by atoms with Gasteiger partial charge in [-0.3, -0.25) is 4.79 Å². The molecule has 0 aliphatic heterocycles. The molecule has 0 aliphatic carbocycles. The standard InChI is InChI=1S/C22H30O3Si/c1-18(16-24-19(2)23)17-25-26(22(3,4)5,20-12-8-6-9-13-20)21-14-10-7-11-15-21/h6-15,18H,16-17H2,1-5H3/t18-/m1/s1. The first-order valence-electron chi connectivity index (χ1n) is 9.15. The summed E-state index contributed by atoms with van der Waals surface area (Å²) in [5.74, 6) is -0.108. The molecular formula is C22H30O3Si. The van der Waals surface area contributed by atoms with Crippen molar-refractivity contribution in [2.45, 2.75) is 39.7 Å². The highest BCUT2D eigenvalue weighted by Gasteiger charge is 2.50. The molecule has 26 heavy (non-hydrogen) atoms. The molecule has 4 heteroatoms. The topological polar surface area (TPSA) is 35.5 Å². The monoisotopic (exact) mass is 370 g/mol. The molecule has 0 unspecified atom stereocenters. The molecule has 1 atom stereocenters. The SMILES string of the molecule is CC(=O)OC[C@@H](C)CO[Si](c1ccccc1)(c1ccccc1)C(C)(C)C. The van der Waals surface area contributed by atoms with Gasteiger partial charge in [-0.1, -0.05) is 88.4 Å². The lowest BCUT2D eigenvalue weighted by atomic mass is 10.2. The Bertz CT molecular complexity index is 653. The summed E-state index contributed by atoms with van der Waals surface area (Å²) in [5, 5.41) is 2.48. The lowest BCUT2D eigenvalue weighted by Gasteiger charge is -2.43. The van der Waals surface area contributed by atoms with Gasteiger partial charge in [-0.25, -0.2) is 0 Å². The van der Waals surface area contributed by atoms with E-state index in [0.717, 1.165) is 0 Å². The molecule has 0 bridgehead atoms. The Morgan fingerprint density at radius 1 is 0.923 bits per heavy atom. The average Bonchev–Trinajstić information content (AvgIpc) is 2.61. The second-order valence-corrected chi connectivity index (χ2v) is 12.2. The minimum absolute atomic E-state index is 0.0448. The normalized spacial score (nSPS) is 13.3. The summed E-state index contributed by atoms with van der Waals surface area (Å²) in [5.41, 5.74) is 0. The van der Waals surface area contributed by atoms with Crippen LogP contribution in [-0.2, 0) is 14.0 Å². The van der Waals surface area contributed by atoms with Crippen LogP contribution in [0.1, 0.15) is 34.6 Å². The van der Waals surface area contributed by atoms with Gasteiger partial charge in [0.2, 0.25) is 0 Å². The van der Waals surface area contributed by atoms with Crippen molar-refractivity contribution >= 4 is 24.7 Å². The molecule has 0 amide bonds. The third-order valence-electron chi connectivity index (χ3n) is 4.57. The van der Waals surface area contributed by atoms with Crippen LogP contribution in [0.2, 0.25) is 5.04 Å². The molecule has 0 spiro atoms. The number of carbonyl (C=O) groups is 1. The Morgan fingerprint density at radius 3 is 1.77 bits per heavy atom. The predicted molar refractivity (Wildman–Crippen MR) is 109 cm³/mol. The van der Waals surface area contributed by atoms with Crippen molar-refractivity contribution in [2.75, 3.05) is 13.2 Å². The summed E-state index contributed by atoms with van der Waals surface area (Å²) in [4.78, 5) is 11.1. The average molecular weight is 371 g/mol. The van der Waals surface area contributed by atoms with Crippen LogP contribution in [0.5, 0.6) is 0 Å². The number of benzene rings is 2. The molecule has 0 fully saturated rings. The fourth-order valence-corrected chi connectivity index (χ4v) is 8.03. The lowest BCUT2D eigenvalue weighted by molar-refractivity contribution is -0.142. The van der Waals surface area contributed by atoms with E-state index in [1.807, 2.05) is 12.1 Å². The second-order valence-electron chi connectivity index (χ2n) is 7.88. The molecule has 0 radical (unpaired) electrons. The van der Waals surface area contributed by atoms with Gasteiger partial charge < -0.3 is 9.16 Å². The van der Waals surface area contributed by atoms with E-state index in [-0.39, 0.29) is 16.9 Å². The first-order valence-corrected chi connectivity index (χ1v) is 11.1. The third-order valence-corrected chi connectivity index (χ3v) is 9.58. The smallest absolute Gasteiger partial charge is 0.302 e.